The van der Waals surface area contributed by atoms with Gasteiger partial charge in [-0.15, -0.1) is 0 Å². The normalized spacial score (nSPS) is 21.3. The van der Waals surface area contributed by atoms with E-state index in [4.69, 9.17) is 4.74 Å². The number of nitriles is 1. The van der Waals surface area contributed by atoms with E-state index in [9.17, 15) is 5.26 Å². The molecule has 3 heteroatoms. The molecule has 19 heavy (non-hydrogen) atoms. The first-order valence-corrected chi connectivity index (χ1v) is 6.13. The van der Waals surface area contributed by atoms with E-state index >= 15 is 0 Å². The minimum absolute atomic E-state index is 0.249. The van der Waals surface area contributed by atoms with Crippen molar-refractivity contribution in [1.29, 1.82) is 5.26 Å². The molecule has 0 aliphatic carbocycles. The first-order valence-electron chi connectivity index (χ1n) is 6.13. The molecule has 0 saturated heterocycles. The molecule has 0 radical (unpaired) electrons. The Balaban J connectivity index is 1.96. The lowest BCUT2D eigenvalue weighted by Crippen LogP contribution is -2.14. The van der Waals surface area contributed by atoms with E-state index in [-0.39, 0.29) is 6.04 Å². The molecule has 0 N–H and O–H groups in total. The van der Waals surface area contributed by atoms with Crippen molar-refractivity contribution < 1.29 is 4.74 Å². The summed E-state index contributed by atoms with van der Waals surface area (Å²) in [7, 11) is 0. The SMILES string of the molecule is N#C[C@@H]1OC(c2ccccc2)=N[C@@H]1c1ccccc1. The van der Waals surface area contributed by atoms with Gasteiger partial charge in [-0.2, -0.15) is 5.26 Å². The van der Waals surface area contributed by atoms with Crippen LogP contribution in [0.15, 0.2) is 65.7 Å². The third-order valence-electron chi connectivity index (χ3n) is 3.07. The average Bonchev–Trinajstić information content (AvgIpc) is 2.93. The number of rotatable bonds is 2. The van der Waals surface area contributed by atoms with Gasteiger partial charge in [-0.05, 0) is 17.7 Å². The predicted molar refractivity (Wildman–Crippen MR) is 72.6 cm³/mol. The second-order valence-electron chi connectivity index (χ2n) is 4.32. The molecule has 1 heterocycles. The Morgan fingerprint density at radius 2 is 1.58 bits per heavy atom. The third kappa shape index (κ3) is 2.21. The zero-order valence-corrected chi connectivity index (χ0v) is 10.2. The lowest BCUT2D eigenvalue weighted by atomic mass is 10.0. The molecule has 1 aliphatic rings. The fourth-order valence-electron chi connectivity index (χ4n) is 2.13. The molecule has 0 saturated carbocycles. The van der Waals surface area contributed by atoms with Gasteiger partial charge in [-0.1, -0.05) is 48.5 Å². The van der Waals surface area contributed by atoms with E-state index < -0.39 is 6.10 Å². The summed E-state index contributed by atoms with van der Waals surface area (Å²) in [5, 5.41) is 9.21. The van der Waals surface area contributed by atoms with E-state index in [0.29, 0.717) is 5.90 Å². The molecule has 0 fully saturated rings. The summed E-state index contributed by atoms with van der Waals surface area (Å²) in [5.41, 5.74) is 1.90. The van der Waals surface area contributed by atoms with E-state index in [1.54, 1.807) is 0 Å². The van der Waals surface area contributed by atoms with Gasteiger partial charge in [0.2, 0.25) is 12.0 Å². The second-order valence-corrected chi connectivity index (χ2v) is 4.32. The third-order valence-corrected chi connectivity index (χ3v) is 3.07. The molecular formula is C16H12N2O. The molecule has 0 bridgehead atoms. The Bertz CT molecular complexity index is 629. The zero-order chi connectivity index (χ0) is 13.1. The van der Waals surface area contributed by atoms with Crippen molar-refractivity contribution in [2.24, 2.45) is 4.99 Å². The van der Waals surface area contributed by atoms with Crippen LogP contribution in [0.4, 0.5) is 0 Å². The van der Waals surface area contributed by atoms with E-state index in [2.05, 4.69) is 11.1 Å². The van der Waals surface area contributed by atoms with Crippen molar-refractivity contribution in [3.8, 4) is 6.07 Å². The molecule has 0 spiro atoms. The van der Waals surface area contributed by atoms with Gasteiger partial charge in [0.15, 0.2) is 0 Å². The van der Waals surface area contributed by atoms with Crippen molar-refractivity contribution in [1.82, 2.24) is 0 Å². The van der Waals surface area contributed by atoms with Crippen LogP contribution in [-0.2, 0) is 4.74 Å². The average molecular weight is 248 g/mol. The molecule has 2 atom stereocenters. The minimum Gasteiger partial charge on any atom is -0.456 e. The molecule has 3 rings (SSSR count). The van der Waals surface area contributed by atoms with Gasteiger partial charge in [0.05, 0.1) is 0 Å². The maximum Gasteiger partial charge on any atom is 0.218 e. The summed E-state index contributed by atoms with van der Waals surface area (Å²) < 4.78 is 5.65. The number of benzene rings is 2. The molecule has 2 aromatic carbocycles. The molecule has 2 aromatic rings. The summed E-state index contributed by atoms with van der Waals surface area (Å²) >= 11 is 0. The van der Waals surface area contributed by atoms with Gasteiger partial charge in [0.25, 0.3) is 0 Å². The van der Waals surface area contributed by atoms with Crippen LogP contribution in [0.25, 0.3) is 0 Å². The molecule has 1 aliphatic heterocycles. The summed E-state index contributed by atoms with van der Waals surface area (Å²) in [6.07, 6.45) is -0.558. The van der Waals surface area contributed by atoms with Gasteiger partial charge in [-0.3, -0.25) is 0 Å². The number of ether oxygens (including phenoxy) is 1. The van der Waals surface area contributed by atoms with Gasteiger partial charge in [-0.25, -0.2) is 4.99 Å². The second kappa shape index (κ2) is 4.95. The zero-order valence-electron chi connectivity index (χ0n) is 10.2. The standard InChI is InChI=1S/C16H12N2O/c17-11-14-15(12-7-3-1-4-8-12)18-16(19-14)13-9-5-2-6-10-13/h1-10,14-15H/t14-,15+/m0/s1. The van der Waals surface area contributed by atoms with E-state index in [0.717, 1.165) is 11.1 Å². The number of nitrogens with zero attached hydrogens (tertiary/aromatic N) is 2. The highest BCUT2D eigenvalue weighted by molar-refractivity contribution is 5.95. The first-order chi connectivity index (χ1) is 9.38. The maximum atomic E-state index is 9.21. The fraction of sp³-hybridized carbons (Fsp3) is 0.125. The summed E-state index contributed by atoms with van der Waals surface area (Å²) in [4.78, 5) is 4.55. The van der Waals surface area contributed by atoms with Crippen LogP contribution in [0.3, 0.4) is 0 Å². The molecule has 0 amide bonds. The lowest BCUT2D eigenvalue weighted by Gasteiger charge is -2.10. The van der Waals surface area contributed by atoms with Crippen LogP contribution in [0.1, 0.15) is 17.2 Å². The minimum atomic E-state index is -0.558. The summed E-state index contributed by atoms with van der Waals surface area (Å²) in [6, 6.07) is 21.4. The van der Waals surface area contributed by atoms with Crippen LogP contribution in [-0.4, -0.2) is 12.0 Å². The first kappa shape index (κ1) is 11.5. The summed E-state index contributed by atoms with van der Waals surface area (Å²) in [5.74, 6) is 0.543. The molecule has 92 valence electrons. The number of hydrogen-bond acceptors (Lipinski definition) is 3. The Morgan fingerprint density at radius 1 is 0.947 bits per heavy atom. The number of aliphatic imine (C=N–C) groups is 1. The predicted octanol–water partition coefficient (Wildman–Crippen LogP) is 3.10. The Morgan fingerprint density at radius 3 is 2.21 bits per heavy atom. The van der Waals surface area contributed by atoms with Crippen LogP contribution in [0, 0.1) is 11.3 Å². The monoisotopic (exact) mass is 248 g/mol. The van der Waals surface area contributed by atoms with Crippen molar-refractivity contribution in [2.75, 3.05) is 0 Å². The van der Waals surface area contributed by atoms with Crippen LogP contribution in [0.5, 0.6) is 0 Å². The van der Waals surface area contributed by atoms with Crippen LogP contribution >= 0.6 is 0 Å². The van der Waals surface area contributed by atoms with Crippen molar-refractivity contribution in [3.05, 3.63) is 71.8 Å². The number of hydrogen-bond donors (Lipinski definition) is 0. The van der Waals surface area contributed by atoms with Gasteiger partial charge in [0.1, 0.15) is 12.1 Å². The molecular weight excluding hydrogens is 236 g/mol. The molecule has 0 aromatic heterocycles. The van der Waals surface area contributed by atoms with Crippen LogP contribution < -0.4 is 0 Å². The van der Waals surface area contributed by atoms with E-state index in [1.807, 2.05) is 60.7 Å². The maximum absolute atomic E-state index is 9.21. The van der Waals surface area contributed by atoms with Crippen molar-refractivity contribution >= 4 is 5.90 Å². The van der Waals surface area contributed by atoms with Crippen molar-refractivity contribution in [2.45, 2.75) is 12.1 Å². The van der Waals surface area contributed by atoms with Gasteiger partial charge in [0, 0.05) is 5.56 Å². The topological polar surface area (TPSA) is 45.4 Å². The molecule has 0 unspecified atom stereocenters. The quantitative estimate of drug-likeness (QED) is 0.819. The van der Waals surface area contributed by atoms with E-state index in [1.165, 1.54) is 0 Å². The summed E-state index contributed by atoms with van der Waals surface area (Å²) in [6.45, 7) is 0. The fourth-order valence-corrected chi connectivity index (χ4v) is 2.13. The highest BCUT2D eigenvalue weighted by Gasteiger charge is 2.32. The highest BCUT2D eigenvalue weighted by Crippen LogP contribution is 2.30. The van der Waals surface area contributed by atoms with Gasteiger partial charge < -0.3 is 4.74 Å². The lowest BCUT2D eigenvalue weighted by molar-refractivity contribution is 0.250. The van der Waals surface area contributed by atoms with Gasteiger partial charge >= 0.3 is 0 Å². The Kier molecular flexibility index (Phi) is 2.99. The molecule has 3 nitrogen and oxygen atoms in total. The highest BCUT2D eigenvalue weighted by atomic mass is 16.5. The Hall–Kier alpha value is -2.60. The Labute approximate surface area is 111 Å². The van der Waals surface area contributed by atoms with Crippen molar-refractivity contribution in [3.63, 3.8) is 0 Å². The largest absolute Gasteiger partial charge is 0.456 e. The van der Waals surface area contributed by atoms with Crippen LogP contribution in [0.2, 0.25) is 0 Å². The smallest absolute Gasteiger partial charge is 0.218 e.